The summed E-state index contributed by atoms with van der Waals surface area (Å²) in [5, 5.41) is 8.16. The molecule has 0 bridgehead atoms. The Labute approximate surface area is 113 Å². The van der Waals surface area contributed by atoms with Crippen LogP contribution in [0.2, 0.25) is 5.02 Å². The van der Waals surface area contributed by atoms with Crippen molar-refractivity contribution in [1.29, 1.82) is 0 Å². The molecule has 19 heavy (non-hydrogen) atoms. The van der Waals surface area contributed by atoms with Crippen molar-refractivity contribution in [2.24, 2.45) is 0 Å². The minimum Gasteiger partial charge on any atom is -0.395 e. The number of rotatable bonds is 4. The van der Waals surface area contributed by atoms with Crippen LogP contribution in [0.4, 0.5) is 13.2 Å². The highest BCUT2D eigenvalue weighted by atomic mass is 35.5. The number of alkyl halides is 3. The maximum atomic E-state index is 12.6. The highest BCUT2D eigenvalue weighted by Gasteiger charge is 2.34. The maximum absolute atomic E-state index is 12.6. The minimum atomic E-state index is -4.74. The molecule has 0 heterocycles. The van der Waals surface area contributed by atoms with E-state index in [1.807, 2.05) is 4.72 Å². The molecule has 1 aromatic rings. The van der Waals surface area contributed by atoms with Gasteiger partial charge in [0.25, 0.3) is 0 Å². The Kier molecular flexibility index (Phi) is 4.83. The van der Waals surface area contributed by atoms with Crippen LogP contribution >= 0.6 is 11.6 Å². The standard InChI is InChI=1S/C10H11ClF3NO3S/c1-6(5-16)15-19(17,18)7-2-3-9(11)8(4-7)10(12,13)14/h2-4,6,15-16H,5H2,1H3/t6-/m0/s1. The first-order valence-corrected chi connectivity index (χ1v) is 6.94. The lowest BCUT2D eigenvalue weighted by Crippen LogP contribution is -2.35. The summed E-state index contributed by atoms with van der Waals surface area (Å²) in [5.74, 6) is 0. The smallest absolute Gasteiger partial charge is 0.395 e. The molecule has 108 valence electrons. The average Bonchev–Trinajstić information content (AvgIpc) is 2.26. The van der Waals surface area contributed by atoms with E-state index in [1.165, 1.54) is 6.92 Å². The normalized spacial score (nSPS) is 14.4. The quantitative estimate of drug-likeness (QED) is 0.893. The van der Waals surface area contributed by atoms with Crippen LogP contribution in [0.5, 0.6) is 0 Å². The fourth-order valence-electron chi connectivity index (χ4n) is 1.26. The first-order chi connectivity index (χ1) is 8.58. The SMILES string of the molecule is C[C@@H](CO)NS(=O)(=O)c1ccc(Cl)c(C(F)(F)F)c1. The summed E-state index contributed by atoms with van der Waals surface area (Å²) in [6, 6.07) is 1.47. The van der Waals surface area contributed by atoms with Crippen molar-refractivity contribution >= 4 is 21.6 Å². The molecule has 0 aliphatic heterocycles. The van der Waals surface area contributed by atoms with Gasteiger partial charge in [0, 0.05) is 6.04 Å². The molecule has 0 saturated carbocycles. The Balaban J connectivity index is 3.23. The van der Waals surface area contributed by atoms with Gasteiger partial charge in [-0.1, -0.05) is 11.6 Å². The lowest BCUT2D eigenvalue weighted by Gasteiger charge is -2.14. The number of aliphatic hydroxyl groups excluding tert-OH is 1. The third-order valence-corrected chi connectivity index (χ3v) is 4.10. The van der Waals surface area contributed by atoms with Gasteiger partial charge in [-0.15, -0.1) is 0 Å². The van der Waals surface area contributed by atoms with Crippen LogP contribution in [0.15, 0.2) is 23.1 Å². The van der Waals surface area contributed by atoms with Crippen LogP contribution in [0.1, 0.15) is 12.5 Å². The topological polar surface area (TPSA) is 66.4 Å². The van der Waals surface area contributed by atoms with E-state index in [1.54, 1.807) is 0 Å². The fourth-order valence-corrected chi connectivity index (χ4v) is 2.74. The van der Waals surface area contributed by atoms with Crippen LogP contribution in [-0.4, -0.2) is 26.2 Å². The molecule has 0 unspecified atom stereocenters. The Morgan fingerprint density at radius 3 is 2.47 bits per heavy atom. The Morgan fingerprint density at radius 1 is 1.42 bits per heavy atom. The van der Waals surface area contributed by atoms with Crippen LogP contribution in [-0.2, 0) is 16.2 Å². The third-order valence-electron chi connectivity index (χ3n) is 2.18. The van der Waals surface area contributed by atoms with Gasteiger partial charge in [0.15, 0.2) is 0 Å². The van der Waals surface area contributed by atoms with E-state index in [-0.39, 0.29) is 0 Å². The van der Waals surface area contributed by atoms with Gasteiger partial charge in [0.05, 0.1) is 22.1 Å². The Hall–Kier alpha value is -0.830. The highest BCUT2D eigenvalue weighted by molar-refractivity contribution is 7.89. The van der Waals surface area contributed by atoms with Crippen molar-refractivity contribution in [3.63, 3.8) is 0 Å². The van der Waals surface area contributed by atoms with Crippen molar-refractivity contribution in [3.05, 3.63) is 28.8 Å². The monoisotopic (exact) mass is 317 g/mol. The van der Waals surface area contributed by atoms with E-state index in [9.17, 15) is 21.6 Å². The largest absolute Gasteiger partial charge is 0.417 e. The Morgan fingerprint density at radius 2 is 2.00 bits per heavy atom. The zero-order valence-electron chi connectivity index (χ0n) is 9.70. The van der Waals surface area contributed by atoms with E-state index in [0.29, 0.717) is 6.07 Å². The van der Waals surface area contributed by atoms with E-state index in [4.69, 9.17) is 16.7 Å². The molecule has 0 fully saturated rings. The molecular weight excluding hydrogens is 307 g/mol. The van der Waals surface area contributed by atoms with Crippen molar-refractivity contribution < 1.29 is 26.7 Å². The van der Waals surface area contributed by atoms with Crippen LogP contribution in [0.3, 0.4) is 0 Å². The van der Waals surface area contributed by atoms with Crippen LogP contribution in [0.25, 0.3) is 0 Å². The summed E-state index contributed by atoms with van der Waals surface area (Å²) in [5.41, 5.74) is -1.23. The van der Waals surface area contributed by atoms with Gasteiger partial charge in [-0.25, -0.2) is 13.1 Å². The second kappa shape index (κ2) is 5.66. The molecule has 0 spiro atoms. The molecule has 1 aromatic carbocycles. The lowest BCUT2D eigenvalue weighted by molar-refractivity contribution is -0.137. The number of sulfonamides is 1. The Bertz CT molecular complexity index is 560. The second-order valence-electron chi connectivity index (χ2n) is 3.84. The highest BCUT2D eigenvalue weighted by Crippen LogP contribution is 2.35. The third kappa shape index (κ3) is 4.07. The van der Waals surface area contributed by atoms with Gasteiger partial charge in [0.2, 0.25) is 10.0 Å². The summed E-state index contributed by atoms with van der Waals surface area (Å²) >= 11 is 5.39. The van der Waals surface area contributed by atoms with Crippen LogP contribution in [0, 0.1) is 0 Å². The maximum Gasteiger partial charge on any atom is 0.417 e. The zero-order valence-corrected chi connectivity index (χ0v) is 11.3. The van der Waals surface area contributed by atoms with Gasteiger partial charge in [-0.3, -0.25) is 0 Å². The van der Waals surface area contributed by atoms with Gasteiger partial charge in [-0.2, -0.15) is 13.2 Å². The number of benzene rings is 1. The number of hydrogen-bond donors (Lipinski definition) is 2. The number of aliphatic hydroxyl groups is 1. The van der Waals surface area contributed by atoms with Crippen molar-refractivity contribution in [2.75, 3.05) is 6.61 Å². The molecule has 0 aromatic heterocycles. The fraction of sp³-hybridized carbons (Fsp3) is 0.400. The predicted molar refractivity (Wildman–Crippen MR) is 63.3 cm³/mol. The summed E-state index contributed by atoms with van der Waals surface area (Å²) in [7, 11) is -4.14. The van der Waals surface area contributed by atoms with Gasteiger partial charge < -0.3 is 5.11 Å². The summed E-state index contributed by atoms with van der Waals surface area (Å²) < 4.78 is 63.4. The molecule has 0 aliphatic rings. The van der Waals surface area contributed by atoms with Gasteiger partial charge in [-0.05, 0) is 25.1 Å². The number of halogens is 4. The second-order valence-corrected chi connectivity index (χ2v) is 5.97. The zero-order chi connectivity index (χ0) is 14.8. The van der Waals surface area contributed by atoms with Crippen molar-refractivity contribution in [1.82, 2.24) is 4.72 Å². The molecule has 4 nitrogen and oxygen atoms in total. The predicted octanol–water partition coefficient (Wildman–Crippen LogP) is 2.02. The summed E-state index contributed by atoms with van der Waals surface area (Å²) in [4.78, 5) is -0.565. The minimum absolute atomic E-state index is 0.453. The van der Waals surface area contributed by atoms with E-state index < -0.39 is 44.3 Å². The molecule has 1 atom stereocenters. The van der Waals surface area contributed by atoms with Crippen molar-refractivity contribution in [3.8, 4) is 0 Å². The first-order valence-electron chi connectivity index (χ1n) is 5.08. The lowest BCUT2D eigenvalue weighted by atomic mass is 10.2. The van der Waals surface area contributed by atoms with E-state index in [0.717, 1.165) is 12.1 Å². The molecule has 2 N–H and O–H groups in total. The number of nitrogens with one attached hydrogen (secondary N) is 1. The molecule has 0 radical (unpaired) electrons. The van der Waals surface area contributed by atoms with E-state index >= 15 is 0 Å². The number of hydrogen-bond acceptors (Lipinski definition) is 3. The van der Waals surface area contributed by atoms with Crippen LogP contribution < -0.4 is 4.72 Å². The average molecular weight is 318 g/mol. The van der Waals surface area contributed by atoms with Gasteiger partial charge in [0.1, 0.15) is 0 Å². The molecular formula is C10H11ClF3NO3S. The molecule has 1 rings (SSSR count). The molecule has 0 amide bonds. The summed E-state index contributed by atoms with van der Waals surface area (Å²) in [6.45, 7) is 0.900. The molecule has 9 heteroatoms. The first kappa shape index (κ1) is 16.2. The molecule has 0 saturated heterocycles. The van der Waals surface area contributed by atoms with Gasteiger partial charge >= 0.3 is 6.18 Å². The van der Waals surface area contributed by atoms with Crippen molar-refractivity contribution in [2.45, 2.75) is 24.0 Å². The van der Waals surface area contributed by atoms with E-state index in [2.05, 4.69) is 0 Å². The molecule has 0 aliphatic carbocycles. The summed E-state index contributed by atoms with van der Waals surface area (Å²) in [6.07, 6.45) is -4.74.